The minimum atomic E-state index is -0.589. The van der Waals surface area contributed by atoms with E-state index in [0.717, 1.165) is 10.2 Å². The van der Waals surface area contributed by atoms with Gasteiger partial charge in [0.05, 0.1) is 17.3 Å². The SMILES string of the molecule is CC(C)(C(=O)Nc1ccc(Br)nc1)c1ccccc1. The molecule has 1 N–H and O–H groups in total. The van der Waals surface area contributed by atoms with Crippen LogP contribution in [-0.4, -0.2) is 10.9 Å². The van der Waals surface area contributed by atoms with Gasteiger partial charge in [-0.1, -0.05) is 30.3 Å². The van der Waals surface area contributed by atoms with Crippen molar-refractivity contribution in [1.29, 1.82) is 0 Å². The fraction of sp³-hybridized carbons (Fsp3) is 0.200. The molecule has 0 aliphatic heterocycles. The lowest BCUT2D eigenvalue weighted by molar-refractivity contribution is -0.120. The van der Waals surface area contributed by atoms with Gasteiger partial charge < -0.3 is 5.32 Å². The Morgan fingerprint density at radius 1 is 1.16 bits per heavy atom. The molecule has 1 aromatic carbocycles. The summed E-state index contributed by atoms with van der Waals surface area (Å²) in [6, 6.07) is 13.3. The molecule has 1 heterocycles. The van der Waals surface area contributed by atoms with E-state index in [9.17, 15) is 4.79 Å². The number of amides is 1. The Balaban J connectivity index is 2.17. The first-order valence-corrected chi connectivity index (χ1v) is 6.78. The van der Waals surface area contributed by atoms with Gasteiger partial charge in [-0.15, -0.1) is 0 Å². The highest BCUT2D eigenvalue weighted by molar-refractivity contribution is 9.10. The van der Waals surface area contributed by atoms with Crippen molar-refractivity contribution in [3.8, 4) is 0 Å². The summed E-state index contributed by atoms with van der Waals surface area (Å²) >= 11 is 3.26. The van der Waals surface area contributed by atoms with E-state index in [4.69, 9.17) is 0 Å². The Labute approximate surface area is 121 Å². The lowest BCUT2D eigenvalue weighted by Crippen LogP contribution is -2.34. The summed E-state index contributed by atoms with van der Waals surface area (Å²) in [5.74, 6) is -0.0529. The highest BCUT2D eigenvalue weighted by atomic mass is 79.9. The van der Waals surface area contributed by atoms with Gasteiger partial charge in [-0.2, -0.15) is 0 Å². The van der Waals surface area contributed by atoms with Gasteiger partial charge in [0, 0.05) is 0 Å². The van der Waals surface area contributed by atoms with Gasteiger partial charge in [-0.05, 0) is 47.5 Å². The number of carbonyl (C=O) groups is 1. The lowest BCUT2D eigenvalue weighted by atomic mass is 9.84. The van der Waals surface area contributed by atoms with Gasteiger partial charge in [0.2, 0.25) is 5.91 Å². The highest BCUT2D eigenvalue weighted by Crippen LogP contribution is 2.24. The van der Waals surface area contributed by atoms with Crippen molar-refractivity contribution in [3.63, 3.8) is 0 Å². The molecular weight excluding hydrogens is 304 g/mol. The second-order valence-electron chi connectivity index (χ2n) is 4.81. The minimum absolute atomic E-state index is 0.0529. The molecule has 3 nitrogen and oxygen atoms in total. The average molecular weight is 319 g/mol. The number of aromatic nitrogens is 1. The summed E-state index contributed by atoms with van der Waals surface area (Å²) in [4.78, 5) is 16.5. The molecule has 0 radical (unpaired) electrons. The van der Waals surface area contributed by atoms with Crippen molar-refractivity contribution in [2.75, 3.05) is 5.32 Å². The topological polar surface area (TPSA) is 42.0 Å². The average Bonchev–Trinajstić information content (AvgIpc) is 2.42. The van der Waals surface area contributed by atoms with Gasteiger partial charge in [0.25, 0.3) is 0 Å². The molecule has 0 atom stereocenters. The Bertz CT molecular complexity index is 564. The standard InChI is InChI=1S/C15H15BrN2O/c1-15(2,11-6-4-3-5-7-11)14(19)18-12-8-9-13(16)17-10-12/h3-10H,1-2H3,(H,18,19). The largest absolute Gasteiger partial charge is 0.324 e. The highest BCUT2D eigenvalue weighted by Gasteiger charge is 2.29. The van der Waals surface area contributed by atoms with Crippen LogP contribution in [0, 0.1) is 0 Å². The number of rotatable bonds is 3. The lowest BCUT2D eigenvalue weighted by Gasteiger charge is -2.24. The van der Waals surface area contributed by atoms with Crippen molar-refractivity contribution in [3.05, 3.63) is 58.8 Å². The molecule has 1 amide bonds. The molecule has 0 aliphatic carbocycles. The van der Waals surface area contributed by atoms with Gasteiger partial charge >= 0.3 is 0 Å². The molecule has 98 valence electrons. The zero-order valence-corrected chi connectivity index (χ0v) is 12.4. The molecule has 0 spiro atoms. The Morgan fingerprint density at radius 3 is 2.42 bits per heavy atom. The van der Waals surface area contributed by atoms with Crippen LogP contribution < -0.4 is 5.32 Å². The maximum atomic E-state index is 12.4. The summed E-state index contributed by atoms with van der Waals surface area (Å²) in [5, 5.41) is 2.89. The Morgan fingerprint density at radius 2 is 1.84 bits per heavy atom. The van der Waals surface area contributed by atoms with E-state index in [1.165, 1.54) is 0 Å². The molecule has 0 bridgehead atoms. The number of hydrogen-bond acceptors (Lipinski definition) is 2. The quantitative estimate of drug-likeness (QED) is 0.875. The fourth-order valence-corrected chi connectivity index (χ4v) is 1.96. The van der Waals surface area contributed by atoms with E-state index in [1.807, 2.05) is 50.2 Å². The number of pyridine rings is 1. The normalized spacial score (nSPS) is 11.1. The van der Waals surface area contributed by atoms with E-state index >= 15 is 0 Å². The van der Waals surface area contributed by atoms with Crippen molar-refractivity contribution < 1.29 is 4.79 Å². The Kier molecular flexibility index (Phi) is 4.00. The summed E-state index contributed by atoms with van der Waals surface area (Å²) < 4.78 is 0.743. The molecule has 0 unspecified atom stereocenters. The molecule has 1 aromatic heterocycles. The van der Waals surface area contributed by atoms with Crippen LogP contribution >= 0.6 is 15.9 Å². The first kappa shape index (κ1) is 13.7. The van der Waals surface area contributed by atoms with Crippen LogP contribution in [-0.2, 0) is 10.2 Å². The summed E-state index contributed by atoms with van der Waals surface area (Å²) in [5.41, 5.74) is 1.09. The third-order valence-corrected chi connectivity index (χ3v) is 3.52. The van der Waals surface area contributed by atoms with Gasteiger partial charge in [-0.25, -0.2) is 4.98 Å². The van der Waals surface area contributed by atoms with Crippen LogP contribution in [0.2, 0.25) is 0 Å². The van der Waals surface area contributed by atoms with Crippen LogP contribution in [0.15, 0.2) is 53.3 Å². The van der Waals surface area contributed by atoms with E-state index in [2.05, 4.69) is 26.2 Å². The maximum absolute atomic E-state index is 12.4. The Hall–Kier alpha value is -1.68. The van der Waals surface area contributed by atoms with Crippen molar-refractivity contribution in [1.82, 2.24) is 4.98 Å². The molecule has 0 fully saturated rings. The zero-order valence-electron chi connectivity index (χ0n) is 10.9. The second-order valence-corrected chi connectivity index (χ2v) is 5.63. The van der Waals surface area contributed by atoms with E-state index in [-0.39, 0.29) is 5.91 Å². The number of carbonyl (C=O) groups excluding carboxylic acids is 1. The molecule has 0 saturated heterocycles. The van der Waals surface area contributed by atoms with Crippen LogP contribution in [0.3, 0.4) is 0 Å². The van der Waals surface area contributed by atoms with Crippen LogP contribution in [0.25, 0.3) is 0 Å². The first-order valence-electron chi connectivity index (χ1n) is 5.98. The van der Waals surface area contributed by atoms with Gasteiger partial charge in [0.1, 0.15) is 4.60 Å². The van der Waals surface area contributed by atoms with E-state index in [0.29, 0.717) is 5.69 Å². The molecule has 0 aliphatic rings. The van der Waals surface area contributed by atoms with Gasteiger partial charge in [-0.3, -0.25) is 4.79 Å². The molecular formula is C15H15BrN2O. The van der Waals surface area contributed by atoms with Crippen molar-refractivity contribution in [2.45, 2.75) is 19.3 Å². The number of halogens is 1. The predicted molar refractivity (Wildman–Crippen MR) is 80.0 cm³/mol. The number of nitrogens with zero attached hydrogens (tertiary/aromatic N) is 1. The minimum Gasteiger partial charge on any atom is -0.324 e. The van der Waals surface area contributed by atoms with E-state index < -0.39 is 5.41 Å². The maximum Gasteiger partial charge on any atom is 0.234 e. The summed E-state index contributed by atoms with van der Waals surface area (Å²) in [6.45, 7) is 3.81. The van der Waals surface area contributed by atoms with Crippen LogP contribution in [0.5, 0.6) is 0 Å². The molecule has 19 heavy (non-hydrogen) atoms. The molecule has 2 aromatic rings. The third kappa shape index (κ3) is 3.20. The van der Waals surface area contributed by atoms with Gasteiger partial charge in [0.15, 0.2) is 0 Å². The summed E-state index contributed by atoms with van der Waals surface area (Å²) in [7, 11) is 0. The van der Waals surface area contributed by atoms with Crippen LogP contribution in [0.4, 0.5) is 5.69 Å². The number of benzene rings is 1. The number of hydrogen-bond donors (Lipinski definition) is 1. The molecule has 0 saturated carbocycles. The second kappa shape index (κ2) is 5.53. The van der Waals surface area contributed by atoms with E-state index in [1.54, 1.807) is 12.3 Å². The van der Waals surface area contributed by atoms with Crippen LogP contribution in [0.1, 0.15) is 19.4 Å². The monoisotopic (exact) mass is 318 g/mol. The van der Waals surface area contributed by atoms with Crippen molar-refractivity contribution >= 4 is 27.5 Å². The van der Waals surface area contributed by atoms with Crippen molar-refractivity contribution in [2.24, 2.45) is 0 Å². The zero-order chi connectivity index (χ0) is 13.9. The smallest absolute Gasteiger partial charge is 0.234 e. The molecule has 2 rings (SSSR count). The number of nitrogens with one attached hydrogen (secondary N) is 1. The first-order chi connectivity index (χ1) is 9.00. The predicted octanol–water partition coefficient (Wildman–Crippen LogP) is 3.76. The summed E-state index contributed by atoms with van der Waals surface area (Å²) in [6.07, 6.45) is 1.63. The third-order valence-electron chi connectivity index (χ3n) is 3.05. The fourth-order valence-electron chi connectivity index (χ4n) is 1.72. The molecule has 4 heteroatoms. The number of anilines is 1.